The van der Waals surface area contributed by atoms with Crippen molar-refractivity contribution in [2.24, 2.45) is 7.05 Å². The molecule has 1 fully saturated rings. The fraction of sp³-hybridized carbons (Fsp3) is 0.292. The Kier molecular flexibility index (Phi) is 7.04. The lowest BCUT2D eigenvalue weighted by Crippen LogP contribution is -2.46. The van der Waals surface area contributed by atoms with Gasteiger partial charge >= 0.3 is 5.97 Å². The number of thioether (sulfide) groups is 1. The molecule has 0 spiro atoms. The number of amides is 2. The highest BCUT2D eigenvalue weighted by Gasteiger charge is 2.34. The van der Waals surface area contributed by atoms with Crippen molar-refractivity contribution in [1.82, 2.24) is 15.0 Å². The number of fused-ring (bicyclic) bond motifs is 1. The molecule has 4 rings (SSSR count). The predicted octanol–water partition coefficient (Wildman–Crippen LogP) is 4.00. The number of carbonyl (C=O) groups excluding carboxylic acids is 3. The summed E-state index contributed by atoms with van der Waals surface area (Å²) < 4.78 is 12.8. The van der Waals surface area contributed by atoms with Crippen LogP contribution in [0.3, 0.4) is 0 Å². The van der Waals surface area contributed by atoms with E-state index >= 15 is 0 Å². The van der Waals surface area contributed by atoms with Crippen LogP contribution in [0.15, 0.2) is 42.5 Å². The normalized spacial score (nSPS) is 15.6. The molecule has 3 aromatic rings. The molecule has 2 aromatic carbocycles. The Morgan fingerprint density at radius 1 is 1.21 bits per heavy atom. The number of aromatic nitrogens is 1. The maximum Gasteiger partial charge on any atom is 0.340 e. The summed E-state index contributed by atoms with van der Waals surface area (Å²) in [5.74, 6) is -0.382. The van der Waals surface area contributed by atoms with Gasteiger partial charge in [-0.1, -0.05) is 23.7 Å². The van der Waals surface area contributed by atoms with E-state index in [9.17, 15) is 14.4 Å². The molecule has 0 bridgehead atoms. The maximum absolute atomic E-state index is 12.6. The van der Waals surface area contributed by atoms with Crippen LogP contribution in [0.25, 0.3) is 10.9 Å². The first-order valence-electron chi connectivity index (χ1n) is 10.7. The van der Waals surface area contributed by atoms with E-state index in [-0.39, 0.29) is 30.2 Å². The van der Waals surface area contributed by atoms with Gasteiger partial charge in [-0.05, 0) is 49.7 Å². The monoisotopic (exact) mass is 501 g/mol. The largest absolute Gasteiger partial charge is 0.484 e. The van der Waals surface area contributed by atoms with Crippen LogP contribution in [0.4, 0.5) is 0 Å². The fourth-order valence-corrected chi connectivity index (χ4v) is 5.07. The average molecular weight is 502 g/mol. The molecule has 1 aliphatic rings. The minimum absolute atomic E-state index is 0.196. The van der Waals surface area contributed by atoms with Gasteiger partial charge in [0.1, 0.15) is 11.1 Å². The third kappa shape index (κ3) is 4.71. The van der Waals surface area contributed by atoms with E-state index in [1.165, 1.54) is 16.8 Å². The lowest BCUT2D eigenvalue weighted by atomic mass is 10.1. The number of carbonyl (C=O) groups is 3. The van der Waals surface area contributed by atoms with Gasteiger partial charge in [0, 0.05) is 28.7 Å². The average Bonchev–Trinajstić information content (AvgIpc) is 3.29. The third-order valence-corrected chi connectivity index (χ3v) is 7.05. The molecule has 0 radical (unpaired) electrons. The van der Waals surface area contributed by atoms with Crippen LogP contribution in [-0.2, 0) is 21.4 Å². The van der Waals surface area contributed by atoms with Crippen LogP contribution in [0.5, 0.6) is 5.75 Å². The van der Waals surface area contributed by atoms with Crippen molar-refractivity contribution in [3.63, 3.8) is 0 Å². The second kappa shape index (κ2) is 9.99. The molecule has 0 aliphatic carbocycles. The summed E-state index contributed by atoms with van der Waals surface area (Å²) in [6.45, 7) is 3.58. The lowest BCUT2D eigenvalue weighted by Gasteiger charge is -2.24. The predicted molar refractivity (Wildman–Crippen MR) is 131 cm³/mol. The number of halogens is 1. The maximum atomic E-state index is 12.6. The van der Waals surface area contributed by atoms with Crippen molar-refractivity contribution in [2.45, 2.75) is 19.2 Å². The number of benzene rings is 2. The molecule has 34 heavy (non-hydrogen) atoms. The smallest absolute Gasteiger partial charge is 0.340 e. The standard InChI is InChI=1S/C24H24ClN3O5S/c1-4-32-24(31)22-14(2)27(3)19-10-9-17(11-18(19)22)33-12-20(29)26-28-21(30)13-34-23(28)15-5-7-16(25)8-6-15/h5-11,23H,4,12-13H2,1-3H3,(H,26,29). The summed E-state index contributed by atoms with van der Waals surface area (Å²) in [6, 6.07) is 12.4. The number of nitrogens with one attached hydrogen (secondary N) is 1. The number of hydrogen-bond acceptors (Lipinski definition) is 6. The Morgan fingerprint density at radius 2 is 1.94 bits per heavy atom. The van der Waals surface area contributed by atoms with E-state index in [2.05, 4.69) is 5.43 Å². The second-order valence-electron chi connectivity index (χ2n) is 7.72. The number of rotatable bonds is 7. The Labute approximate surface area is 206 Å². The van der Waals surface area contributed by atoms with E-state index < -0.39 is 11.9 Å². The molecule has 1 unspecified atom stereocenters. The minimum atomic E-state index is -0.468. The van der Waals surface area contributed by atoms with Gasteiger partial charge in [-0.3, -0.25) is 15.0 Å². The summed E-state index contributed by atoms with van der Waals surface area (Å²) in [7, 11) is 1.87. The summed E-state index contributed by atoms with van der Waals surface area (Å²) >= 11 is 7.37. The van der Waals surface area contributed by atoms with Crippen molar-refractivity contribution in [3.8, 4) is 5.75 Å². The van der Waals surface area contributed by atoms with E-state index in [4.69, 9.17) is 21.1 Å². The molecule has 1 saturated heterocycles. The van der Waals surface area contributed by atoms with Gasteiger partial charge in [0.2, 0.25) is 0 Å². The lowest BCUT2D eigenvalue weighted by molar-refractivity contribution is -0.140. The molecule has 10 heteroatoms. The molecule has 1 aromatic heterocycles. The Balaban J connectivity index is 1.46. The molecule has 1 atom stereocenters. The number of aryl methyl sites for hydroxylation is 1. The van der Waals surface area contributed by atoms with E-state index in [1.54, 1.807) is 31.2 Å². The topological polar surface area (TPSA) is 89.9 Å². The van der Waals surface area contributed by atoms with Gasteiger partial charge in [-0.2, -0.15) is 0 Å². The van der Waals surface area contributed by atoms with Crippen LogP contribution < -0.4 is 10.2 Å². The molecule has 178 valence electrons. The Morgan fingerprint density at radius 3 is 2.65 bits per heavy atom. The number of hydrogen-bond donors (Lipinski definition) is 1. The molecular weight excluding hydrogens is 478 g/mol. The van der Waals surface area contributed by atoms with Gasteiger partial charge in [0.05, 0.1) is 17.9 Å². The molecule has 1 aliphatic heterocycles. The molecule has 2 amide bonds. The zero-order valence-corrected chi connectivity index (χ0v) is 20.5. The summed E-state index contributed by atoms with van der Waals surface area (Å²) in [4.78, 5) is 37.4. The zero-order chi connectivity index (χ0) is 24.4. The van der Waals surface area contributed by atoms with Crippen LogP contribution in [0, 0.1) is 6.92 Å². The van der Waals surface area contributed by atoms with Crippen LogP contribution >= 0.6 is 23.4 Å². The van der Waals surface area contributed by atoms with Gasteiger partial charge in [-0.25, -0.2) is 9.80 Å². The van der Waals surface area contributed by atoms with Crippen LogP contribution in [0.2, 0.25) is 5.02 Å². The van der Waals surface area contributed by atoms with Crippen molar-refractivity contribution >= 4 is 52.0 Å². The SMILES string of the molecule is CCOC(=O)c1c(C)n(C)c2ccc(OCC(=O)NN3C(=O)CSC3c3ccc(Cl)cc3)cc12. The quantitative estimate of drug-likeness (QED) is 0.492. The van der Waals surface area contributed by atoms with E-state index in [0.717, 1.165) is 16.8 Å². The number of esters is 1. The first kappa shape index (κ1) is 24.0. The van der Waals surface area contributed by atoms with Crippen LogP contribution in [-0.4, -0.2) is 46.3 Å². The van der Waals surface area contributed by atoms with E-state index in [0.29, 0.717) is 21.7 Å². The highest BCUT2D eigenvalue weighted by molar-refractivity contribution is 8.00. The van der Waals surface area contributed by atoms with Gasteiger partial charge < -0.3 is 14.0 Å². The highest BCUT2D eigenvalue weighted by Crippen LogP contribution is 2.37. The first-order chi connectivity index (χ1) is 16.3. The van der Waals surface area contributed by atoms with Crippen LogP contribution in [0.1, 0.15) is 33.9 Å². The third-order valence-electron chi connectivity index (χ3n) is 5.58. The van der Waals surface area contributed by atoms with Crippen molar-refractivity contribution < 1.29 is 23.9 Å². The zero-order valence-electron chi connectivity index (χ0n) is 19.0. The number of ether oxygens (including phenoxy) is 2. The number of nitrogens with zero attached hydrogens (tertiary/aromatic N) is 2. The number of hydrazine groups is 1. The van der Waals surface area contributed by atoms with E-state index in [1.807, 2.05) is 36.7 Å². The molecule has 2 heterocycles. The van der Waals surface area contributed by atoms with Gasteiger partial charge in [-0.15, -0.1) is 11.8 Å². The molecular formula is C24H24ClN3O5S. The van der Waals surface area contributed by atoms with Gasteiger partial charge in [0.15, 0.2) is 6.61 Å². The van der Waals surface area contributed by atoms with Gasteiger partial charge in [0.25, 0.3) is 11.8 Å². The highest BCUT2D eigenvalue weighted by atomic mass is 35.5. The summed E-state index contributed by atoms with van der Waals surface area (Å²) in [6.07, 6.45) is 0. The minimum Gasteiger partial charge on any atom is -0.484 e. The summed E-state index contributed by atoms with van der Waals surface area (Å²) in [5.41, 5.74) is 5.61. The summed E-state index contributed by atoms with van der Waals surface area (Å²) in [5, 5.41) is 2.26. The molecule has 8 nitrogen and oxygen atoms in total. The van der Waals surface area contributed by atoms with Crippen molar-refractivity contribution in [2.75, 3.05) is 19.0 Å². The first-order valence-corrected chi connectivity index (χ1v) is 12.1. The van der Waals surface area contributed by atoms with Crippen molar-refractivity contribution in [3.05, 3.63) is 64.3 Å². The Bertz CT molecular complexity index is 1260. The fourth-order valence-electron chi connectivity index (χ4n) is 3.84. The molecule has 1 N–H and O–H groups in total. The molecule has 0 saturated carbocycles. The second-order valence-corrected chi connectivity index (χ2v) is 9.23. The Hall–Kier alpha value is -3.17. The van der Waals surface area contributed by atoms with Crippen molar-refractivity contribution in [1.29, 1.82) is 0 Å².